The van der Waals surface area contributed by atoms with Crippen molar-refractivity contribution < 1.29 is 13.2 Å². The van der Waals surface area contributed by atoms with E-state index < -0.39 is 11.7 Å². The summed E-state index contributed by atoms with van der Waals surface area (Å²) in [4.78, 5) is 0. The summed E-state index contributed by atoms with van der Waals surface area (Å²) in [5, 5.41) is 2.65. The Labute approximate surface area is 56.9 Å². The second-order valence-electron chi connectivity index (χ2n) is 2.19. The largest absolute Gasteiger partial charge is 0.413 e. The number of nitrogens with one attached hydrogen (secondary N) is 1. The van der Waals surface area contributed by atoms with Crippen LogP contribution in [-0.2, 0) is 0 Å². The molecule has 1 N–H and O–H groups in total. The fourth-order valence-electron chi connectivity index (χ4n) is 0.860. The first kappa shape index (κ1) is 7.60. The normalized spacial score (nSPS) is 20.5. The molecule has 0 aromatic heterocycles. The molecule has 0 aromatic rings. The van der Waals surface area contributed by atoms with Crippen LogP contribution in [0, 0.1) is 0 Å². The summed E-state index contributed by atoms with van der Waals surface area (Å²) in [5.41, 5.74) is -0.446. The fraction of sp³-hybridized carbons (Fsp3) is 0.667. The highest BCUT2D eigenvalue weighted by molar-refractivity contribution is 5.13. The van der Waals surface area contributed by atoms with Crippen molar-refractivity contribution in [3.63, 3.8) is 0 Å². The zero-order valence-corrected chi connectivity index (χ0v) is 5.33. The molecule has 0 fully saturated rings. The van der Waals surface area contributed by atoms with E-state index in [2.05, 4.69) is 5.32 Å². The molecule has 0 bridgehead atoms. The van der Waals surface area contributed by atoms with Gasteiger partial charge in [0.05, 0.1) is 0 Å². The van der Waals surface area contributed by atoms with Crippen LogP contribution in [0.5, 0.6) is 0 Å². The summed E-state index contributed by atoms with van der Waals surface area (Å²) >= 11 is 0. The van der Waals surface area contributed by atoms with E-state index in [9.17, 15) is 13.2 Å². The third-order valence-electron chi connectivity index (χ3n) is 1.39. The van der Waals surface area contributed by atoms with Gasteiger partial charge in [-0.1, -0.05) is 6.08 Å². The lowest BCUT2D eigenvalue weighted by molar-refractivity contribution is -0.0937. The second kappa shape index (κ2) is 2.62. The van der Waals surface area contributed by atoms with E-state index in [-0.39, 0.29) is 6.54 Å². The highest BCUT2D eigenvalue weighted by Crippen LogP contribution is 2.26. The van der Waals surface area contributed by atoms with Crippen LogP contribution in [0.2, 0.25) is 0 Å². The van der Waals surface area contributed by atoms with Crippen LogP contribution in [0.1, 0.15) is 6.42 Å². The van der Waals surface area contributed by atoms with Crippen LogP contribution < -0.4 is 5.32 Å². The summed E-state index contributed by atoms with van der Waals surface area (Å²) in [6.45, 7) is 0.614. The Morgan fingerprint density at radius 1 is 1.40 bits per heavy atom. The second-order valence-corrected chi connectivity index (χ2v) is 2.19. The Morgan fingerprint density at radius 2 is 2.10 bits per heavy atom. The predicted octanol–water partition coefficient (Wildman–Crippen LogP) is 1.47. The standard InChI is InChI=1S/C6H8F3N/c7-6(8,9)5-2-1-3-10-4-5/h2,10H,1,3-4H2. The number of hydrogen-bond donors (Lipinski definition) is 1. The van der Waals surface area contributed by atoms with Crippen LogP contribution in [0.4, 0.5) is 13.2 Å². The molecular formula is C6H8F3N. The minimum absolute atomic E-state index is 0.0382. The maximum absolute atomic E-state index is 11.8. The average molecular weight is 151 g/mol. The van der Waals surface area contributed by atoms with Crippen LogP contribution in [0.25, 0.3) is 0 Å². The monoisotopic (exact) mass is 151 g/mol. The molecule has 10 heavy (non-hydrogen) atoms. The molecule has 1 nitrogen and oxygen atoms in total. The Hall–Kier alpha value is -0.510. The summed E-state index contributed by atoms with van der Waals surface area (Å²) in [6.07, 6.45) is -2.40. The van der Waals surface area contributed by atoms with Gasteiger partial charge < -0.3 is 5.32 Å². The maximum atomic E-state index is 11.8. The van der Waals surface area contributed by atoms with Crippen LogP contribution in [-0.4, -0.2) is 19.3 Å². The highest BCUT2D eigenvalue weighted by Gasteiger charge is 2.33. The molecule has 0 amide bonds. The van der Waals surface area contributed by atoms with E-state index in [0.717, 1.165) is 0 Å². The molecule has 1 aliphatic rings. The van der Waals surface area contributed by atoms with Crippen molar-refractivity contribution >= 4 is 0 Å². The third kappa shape index (κ3) is 1.73. The van der Waals surface area contributed by atoms with Gasteiger partial charge in [-0.2, -0.15) is 13.2 Å². The molecule has 0 saturated heterocycles. The zero-order chi connectivity index (χ0) is 7.61. The minimum Gasteiger partial charge on any atom is -0.312 e. The summed E-state index contributed by atoms with van der Waals surface area (Å²) in [5.74, 6) is 0. The lowest BCUT2D eigenvalue weighted by Gasteiger charge is -2.16. The van der Waals surface area contributed by atoms with Crippen molar-refractivity contribution in [1.29, 1.82) is 0 Å². The summed E-state index contributed by atoms with van der Waals surface area (Å²) in [7, 11) is 0. The lowest BCUT2D eigenvalue weighted by Crippen LogP contribution is -2.29. The molecule has 0 spiro atoms. The van der Waals surface area contributed by atoms with Gasteiger partial charge in [0.1, 0.15) is 0 Å². The van der Waals surface area contributed by atoms with Crippen molar-refractivity contribution in [2.75, 3.05) is 13.1 Å². The van der Waals surface area contributed by atoms with Crippen molar-refractivity contribution in [2.24, 2.45) is 0 Å². The van der Waals surface area contributed by atoms with E-state index in [0.29, 0.717) is 13.0 Å². The number of alkyl halides is 3. The number of halogens is 3. The molecule has 0 unspecified atom stereocenters. The number of hydrogen-bond acceptors (Lipinski definition) is 1. The van der Waals surface area contributed by atoms with Gasteiger partial charge in [0.15, 0.2) is 0 Å². The first-order chi connectivity index (χ1) is 4.61. The van der Waals surface area contributed by atoms with Gasteiger partial charge in [-0.15, -0.1) is 0 Å². The van der Waals surface area contributed by atoms with Gasteiger partial charge >= 0.3 is 6.18 Å². The minimum atomic E-state index is -4.13. The Morgan fingerprint density at radius 3 is 2.40 bits per heavy atom. The molecule has 1 rings (SSSR count). The highest BCUT2D eigenvalue weighted by atomic mass is 19.4. The van der Waals surface area contributed by atoms with Crippen molar-refractivity contribution in [1.82, 2.24) is 5.32 Å². The molecule has 0 saturated carbocycles. The van der Waals surface area contributed by atoms with E-state index in [1.165, 1.54) is 6.08 Å². The first-order valence-corrected chi connectivity index (χ1v) is 3.07. The topological polar surface area (TPSA) is 12.0 Å². The molecule has 4 heteroatoms. The van der Waals surface area contributed by atoms with Gasteiger partial charge in [-0.25, -0.2) is 0 Å². The molecule has 1 aliphatic heterocycles. The van der Waals surface area contributed by atoms with Crippen LogP contribution in [0.3, 0.4) is 0 Å². The Bertz CT molecular complexity index is 148. The molecule has 0 radical (unpaired) electrons. The van der Waals surface area contributed by atoms with Gasteiger partial charge in [-0.3, -0.25) is 0 Å². The van der Waals surface area contributed by atoms with Crippen LogP contribution >= 0.6 is 0 Å². The molecule has 0 aliphatic carbocycles. The van der Waals surface area contributed by atoms with Gasteiger partial charge in [0.2, 0.25) is 0 Å². The zero-order valence-electron chi connectivity index (χ0n) is 5.33. The Kier molecular flexibility index (Phi) is 1.99. The van der Waals surface area contributed by atoms with Gasteiger partial charge in [-0.05, 0) is 13.0 Å². The Balaban J connectivity index is 2.62. The molecule has 58 valence electrons. The predicted molar refractivity (Wildman–Crippen MR) is 31.6 cm³/mol. The van der Waals surface area contributed by atoms with Crippen molar-refractivity contribution in [3.05, 3.63) is 11.6 Å². The van der Waals surface area contributed by atoms with Gasteiger partial charge in [0.25, 0.3) is 0 Å². The summed E-state index contributed by atoms with van der Waals surface area (Å²) in [6, 6.07) is 0. The summed E-state index contributed by atoms with van der Waals surface area (Å²) < 4.78 is 35.5. The van der Waals surface area contributed by atoms with Crippen molar-refractivity contribution in [2.45, 2.75) is 12.6 Å². The lowest BCUT2D eigenvalue weighted by atomic mass is 10.1. The van der Waals surface area contributed by atoms with E-state index in [1.807, 2.05) is 0 Å². The third-order valence-corrected chi connectivity index (χ3v) is 1.39. The molecule has 1 heterocycles. The van der Waals surface area contributed by atoms with E-state index >= 15 is 0 Å². The molecule has 0 atom stereocenters. The SMILES string of the molecule is FC(F)(F)C1=CCCNC1. The molecular weight excluding hydrogens is 143 g/mol. The van der Waals surface area contributed by atoms with Crippen molar-refractivity contribution in [3.8, 4) is 0 Å². The van der Waals surface area contributed by atoms with E-state index in [4.69, 9.17) is 0 Å². The molecule has 0 aromatic carbocycles. The fourth-order valence-corrected chi connectivity index (χ4v) is 0.860. The maximum Gasteiger partial charge on any atom is 0.413 e. The van der Waals surface area contributed by atoms with E-state index in [1.54, 1.807) is 0 Å². The number of rotatable bonds is 0. The first-order valence-electron chi connectivity index (χ1n) is 3.07. The van der Waals surface area contributed by atoms with Crippen LogP contribution in [0.15, 0.2) is 11.6 Å². The van der Waals surface area contributed by atoms with Gasteiger partial charge in [0, 0.05) is 12.1 Å². The average Bonchev–Trinajstić information content (AvgIpc) is 1.88. The quantitative estimate of drug-likeness (QED) is 0.517. The smallest absolute Gasteiger partial charge is 0.312 e.